The second kappa shape index (κ2) is 8.18. The maximum Gasteiger partial charge on any atom is 0.336 e. The summed E-state index contributed by atoms with van der Waals surface area (Å²) in [6, 6.07) is 17.3. The molecule has 1 amide bonds. The van der Waals surface area contributed by atoms with E-state index in [2.05, 4.69) is 36.6 Å². The van der Waals surface area contributed by atoms with Crippen molar-refractivity contribution in [2.45, 2.75) is 33.4 Å². The van der Waals surface area contributed by atoms with Crippen LogP contribution < -0.4 is 16.3 Å². The lowest BCUT2D eigenvalue weighted by Gasteiger charge is -2.23. The van der Waals surface area contributed by atoms with E-state index in [1.165, 1.54) is 18.6 Å². The molecular formula is C22H24N2O3. The van der Waals surface area contributed by atoms with Gasteiger partial charge in [0.25, 0.3) is 0 Å². The topological polar surface area (TPSA) is 71.3 Å². The van der Waals surface area contributed by atoms with Crippen molar-refractivity contribution in [1.82, 2.24) is 5.32 Å². The summed E-state index contributed by atoms with van der Waals surface area (Å²) in [5.74, 6) is 0.224. The average molecular weight is 364 g/mol. The van der Waals surface area contributed by atoms with Gasteiger partial charge in [-0.25, -0.2) is 4.79 Å². The number of carbonyl (C=O) groups is 1. The number of hydrogen-bond acceptors (Lipinski definition) is 4. The van der Waals surface area contributed by atoms with Crippen LogP contribution >= 0.6 is 0 Å². The maximum absolute atomic E-state index is 12.0. The summed E-state index contributed by atoms with van der Waals surface area (Å²) < 4.78 is 5.33. The molecule has 2 aromatic carbocycles. The molecule has 5 heteroatoms. The molecule has 3 aromatic rings. The van der Waals surface area contributed by atoms with E-state index in [9.17, 15) is 9.59 Å². The lowest BCUT2D eigenvalue weighted by Crippen LogP contribution is -2.25. The Hall–Kier alpha value is -2.92. The fourth-order valence-electron chi connectivity index (χ4n) is 3.28. The van der Waals surface area contributed by atoms with E-state index >= 15 is 0 Å². The fourth-order valence-corrected chi connectivity index (χ4v) is 3.28. The molecule has 0 aliphatic rings. The summed E-state index contributed by atoms with van der Waals surface area (Å²) in [5, 5.41) is 7.13. The van der Waals surface area contributed by atoms with E-state index in [1.54, 1.807) is 6.07 Å². The Morgan fingerprint density at radius 2 is 1.81 bits per heavy atom. The Balaban J connectivity index is 1.89. The Labute approximate surface area is 158 Å². The Morgan fingerprint density at radius 1 is 1.07 bits per heavy atom. The third kappa shape index (κ3) is 4.63. The van der Waals surface area contributed by atoms with Crippen LogP contribution in [0.2, 0.25) is 0 Å². The summed E-state index contributed by atoms with van der Waals surface area (Å²) >= 11 is 0. The highest BCUT2D eigenvalue weighted by molar-refractivity contribution is 5.92. The van der Waals surface area contributed by atoms with Crippen LogP contribution in [0.5, 0.6) is 0 Å². The largest absolute Gasteiger partial charge is 0.423 e. The SMILES string of the molecule is CC(=O)Nc1ccc2c(CN[C@@H](c3ccccc3)C(C)C)cc(=O)oc2c1. The average Bonchev–Trinajstić information content (AvgIpc) is 2.61. The van der Waals surface area contributed by atoms with Gasteiger partial charge < -0.3 is 15.1 Å². The summed E-state index contributed by atoms with van der Waals surface area (Å²) in [6.07, 6.45) is 0. The van der Waals surface area contributed by atoms with Gasteiger partial charge in [0.2, 0.25) is 5.91 Å². The molecule has 1 aromatic heterocycles. The quantitative estimate of drug-likeness (QED) is 0.642. The Kier molecular flexibility index (Phi) is 5.72. The molecule has 3 rings (SSSR count). The first-order chi connectivity index (χ1) is 12.9. The van der Waals surface area contributed by atoms with Crippen molar-refractivity contribution in [2.24, 2.45) is 5.92 Å². The highest BCUT2D eigenvalue weighted by atomic mass is 16.4. The number of rotatable bonds is 6. The molecule has 0 aliphatic carbocycles. The predicted molar refractivity (Wildman–Crippen MR) is 108 cm³/mol. The van der Waals surface area contributed by atoms with Gasteiger partial charge in [-0.1, -0.05) is 44.2 Å². The molecule has 0 saturated heterocycles. The van der Waals surface area contributed by atoms with Gasteiger partial charge in [-0.05, 0) is 29.2 Å². The lowest BCUT2D eigenvalue weighted by molar-refractivity contribution is -0.114. The van der Waals surface area contributed by atoms with Crippen molar-refractivity contribution >= 4 is 22.6 Å². The molecule has 0 aliphatic heterocycles. The third-order valence-electron chi connectivity index (χ3n) is 4.49. The third-order valence-corrected chi connectivity index (χ3v) is 4.49. The van der Waals surface area contributed by atoms with Crippen molar-refractivity contribution in [3.05, 3.63) is 76.1 Å². The van der Waals surface area contributed by atoms with E-state index in [1.807, 2.05) is 30.3 Å². The predicted octanol–water partition coefficient (Wildman–Crippen LogP) is 4.24. The maximum atomic E-state index is 12.0. The van der Waals surface area contributed by atoms with Crippen molar-refractivity contribution in [2.75, 3.05) is 5.32 Å². The van der Waals surface area contributed by atoms with Gasteiger partial charge in [-0.2, -0.15) is 0 Å². The molecule has 0 radical (unpaired) electrons. The van der Waals surface area contributed by atoms with Gasteiger partial charge in [0.1, 0.15) is 5.58 Å². The van der Waals surface area contributed by atoms with Crippen LogP contribution in [0.25, 0.3) is 11.0 Å². The minimum Gasteiger partial charge on any atom is -0.423 e. The van der Waals surface area contributed by atoms with Crippen molar-refractivity contribution in [1.29, 1.82) is 0 Å². The van der Waals surface area contributed by atoms with Crippen LogP contribution in [0, 0.1) is 5.92 Å². The van der Waals surface area contributed by atoms with E-state index in [0.29, 0.717) is 23.7 Å². The molecular weight excluding hydrogens is 340 g/mol. The molecule has 27 heavy (non-hydrogen) atoms. The van der Waals surface area contributed by atoms with E-state index < -0.39 is 5.63 Å². The molecule has 0 spiro atoms. The molecule has 0 fully saturated rings. The number of fused-ring (bicyclic) bond motifs is 1. The number of anilines is 1. The van der Waals surface area contributed by atoms with Crippen molar-refractivity contribution in [3.8, 4) is 0 Å². The minimum atomic E-state index is -0.403. The Bertz CT molecular complexity index is 993. The number of amides is 1. The van der Waals surface area contributed by atoms with Gasteiger partial charge in [0.15, 0.2) is 0 Å². The smallest absolute Gasteiger partial charge is 0.336 e. The highest BCUT2D eigenvalue weighted by Gasteiger charge is 2.16. The van der Waals surface area contributed by atoms with Gasteiger partial charge >= 0.3 is 5.63 Å². The van der Waals surface area contributed by atoms with E-state index in [0.717, 1.165) is 10.9 Å². The fraction of sp³-hybridized carbons (Fsp3) is 0.273. The zero-order valence-electron chi connectivity index (χ0n) is 15.8. The first-order valence-electron chi connectivity index (χ1n) is 9.07. The van der Waals surface area contributed by atoms with Crippen LogP contribution in [0.15, 0.2) is 63.8 Å². The van der Waals surface area contributed by atoms with Crippen LogP contribution in [0.4, 0.5) is 5.69 Å². The zero-order chi connectivity index (χ0) is 19.4. The molecule has 140 valence electrons. The molecule has 1 heterocycles. The van der Waals surface area contributed by atoms with Gasteiger partial charge in [0, 0.05) is 42.7 Å². The van der Waals surface area contributed by atoms with E-state index in [4.69, 9.17) is 4.42 Å². The summed E-state index contributed by atoms with van der Waals surface area (Å²) in [4.78, 5) is 23.3. The number of hydrogen-bond donors (Lipinski definition) is 2. The molecule has 0 unspecified atom stereocenters. The van der Waals surface area contributed by atoms with E-state index in [-0.39, 0.29) is 11.9 Å². The highest BCUT2D eigenvalue weighted by Crippen LogP contribution is 2.25. The molecule has 2 N–H and O–H groups in total. The van der Waals surface area contributed by atoms with Crippen LogP contribution in [0.1, 0.15) is 37.9 Å². The zero-order valence-corrected chi connectivity index (χ0v) is 15.8. The molecule has 0 bridgehead atoms. The standard InChI is InChI=1S/C22H24N2O3/c1-14(2)22(16-7-5-4-6-8-16)23-13-17-11-21(26)27-20-12-18(24-15(3)25)9-10-19(17)20/h4-12,14,22-23H,13H2,1-3H3,(H,24,25)/t22-/m1/s1. The van der Waals surface area contributed by atoms with Crippen LogP contribution in [-0.2, 0) is 11.3 Å². The molecule has 5 nitrogen and oxygen atoms in total. The Morgan fingerprint density at radius 3 is 2.48 bits per heavy atom. The summed E-state index contributed by atoms with van der Waals surface area (Å²) in [7, 11) is 0. The van der Waals surface area contributed by atoms with Crippen LogP contribution in [0.3, 0.4) is 0 Å². The molecule has 1 atom stereocenters. The second-order valence-corrected chi connectivity index (χ2v) is 7.00. The van der Waals surface area contributed by atoms with Crippen molar-refractivity contribution in [3.63, 3.8) is 0 Å². The number of benzene rings is 2. The van der Waals surface area contributed by atoms with Gasteiger partial charge in [0.05, 0.1) is 0 Å². The number of carbonyl (C=O) groups excluding carboxylic acids is 1. The van der Waals surface area contributed by atoms with Crippen LogP contribution in [-0.4, -0.2) is 5.91 Å². The normalized spacial score (nSPS) is 12.3. The first kappa shape index (κ1) is 18.9. The minimum absolute atomic E-state index is 0.169. The number of nitrogens with one attached hydrogen (secondary N) is 2. The second-order valence-electron chi connectivity index (χ2n) is 7.00. The summed E-state index contributed by atoms with van der Waals surface area (Å²) in [5.41, 5.74) is 2.75. The monoisotopic (exact) mass is 364 g/mol. The van der Waals surface area contributed by atoms with Gasteiger partial charge in [-0.3, -0.25) is 4.79 Å². The molecule has 0 saturated carbocycles. The lowest BCUT2D eigenvalue weighted by atomic mass is 9.95. The van der Waals surface area contributed by atoms with Gasteiger partial charge in [-0.15, -0.1) is 0 Å². The first-order valence-corrected chi connectivity index (χ1v) is 9.07. The summed E-state index contributed by atoms with van der Waals surface area (Å²) in [6.45, 7) is 6.32. The van der Waals surface area contributed by atoms with Crippen molar-refractivity contribution < 1.29 is 9.21 Å².